The molecule has 0 saturated carbocycles. The number of unbranched alkanes of at least 4 members (excludes halogenated alkanes) is 1. The van der Waals surface area contributed by atoms with Gasteiger partial charge in [0.15, 0.2) is 0 Å². The van der Waals surface area contributed by atoms with E-state index in [4.69, 9.17) is 4.74 Å². The van der Waals surface area contributed by atoms with Gasteiger partial charge < -0.3 is 4.74 Å². The molecule has 0 aliphatic rings. The highest BCUT2D eigenvalue weighted by molar-refractivity contribution is 5.70. The lowest BCUT2D eigenvalue weighted by atomic mass is 10.1. The van der Waals surface area contributed by atoms with Crippen LogP contribution >= 0.6 is 0 Å². The van der Waals surface area contributed by atoms with Crippen LogP contribution in [0.4, 0.5) is 4.79 Å². The Balaban J connectivity index is 1.72. The van der Waals surface area contributed by atoms with E-state index in [2.05, 4.69) is 12.1 Å². The quantitative estimate of drug-likeness (QED) is 0.765. The molecule has 0 radical (unpaired) electrons. The zero-order chi connectivity index (χ0) is 15.8. The number of carbonyl (C=O) groups excluding carboxylic acids is 1. The highest BCUT2D eigenvalue weighted by Crippen LogP contribution is 2.10. The molecule has 0 saturated heterocycles. The van der Waals surface area contributed by atoms with Gasteiger partial charge in [-0.3, -0.25) is 4.79 Å². The Morgan fingerprint density at radius 2 is 1.82 bits per heavy atom. The molecule has 0 bridgehead atoms. The van der Waals surface area contributed by atoms with Gasteiger partial charge in [0.1, 0.15) is 6.10 Å². The SMILES string of the molecule is C[C@H](CCCCc1ccccc1)OC(=O)n1ccccc1=O. The van der Waals surface area contributed by atoms with Gasteiger partial charge in [-0.2, -0.15) is 0 Å². The zero-order valence-electron chi connectivity index (χ0n) is 12.8. The van der Waals surface area contributed by atoms with E-state index in [1.807, 2.05) is 25.1 Å². The van der Waals surface area contributed by atoms with Crippen LogP contribution < -0.4 is 5.56 Å². The topological polar surface area (TPSA) is 48.3 Å². The maximum atomic E-state index is 11.9. The molecule has 22 heavy (non-hydrogen) atoms. The fraction of sp³-hybridized carbons (Fsp3) is 0.333. The van der Waals surface area contributed by atoms with E-state index in [1.165, 1.54) is 17.8 Å². The number of aromatic nitrogens is 1. The minimum Gasteiger partial charge on any atom is -0.446 e. The van der Waals surface area contributed by atoms with Gasteiger partial charge in [-0.25, -0.2) is 9.36 Å². The summed E-state index contributed by atoms with van der Waals surface area (Å²) in [6.45, 7) is 1.86. The minimum atomic E-state index is -0.610. The van der Waals surface area contributed by atoms with Crippen LogP contribution in [0, 0.1) is 0 Å². The Labute approximate surface area is 130 Å². The Morgan fingerprint density at radius 3 is 2.55 bits per heavy atom. The molecular formula is C18H21NO3. The summed E-state index contributed by atoms with van der Waals surface area (Å²) in [5, 5.41) is 0. The van der Waals surface area contributed by atoms with Gasteiger partial charge >= 0.3 is 6.09 Å². The summed E-state index contributed by atoms with van der Waals surface area (Å²) >= 11 is 0. The van der Waals surface area contributed by atoms with Crippen molar-refractivity contribution in [3.8, 4) is 0 Å². The molecule has 1 heterocycles. The molecule has 0 aliphatic carbocycles. The number of hydrogen-bond acceptors (Lipinski definition) is 3. The predicted molar refractivity (Wildman–Crippen MR) is 86.0 cm³/mol. The second-order valence-corrected chi connectivity index (χ2v) is 5.33. The van der Waals surface area contributed by atoms with Crippen molar-refractivity contribution < 1.29 is 9.53 Å². The van der Waals surface area contributed by atoms with Crippen LogP contribution in [0.5, 0.6) is 0 Å². The first-order chi connectivity index (χ1) is 10.7. The van der Waals surface area contributed by atoms with Crippen LogP contribution in [0.3, 0.4) is 0 Å². The molecule has 0 fully saturated rings. The Kier molecular flexibility index (Phi) is 5.95. The summed E-state index contributed by atoms with van der Waals surface area (Å²) in [6.07, 6.45) is 4.47. The minimum absolute atomic E-state index is 0.199. The molecule has 0 unspecified atom stereocenters. The monoisotopic (exact) mass is 299 g/mol. The molecule has 0 N–H and O–H groups in total. The lowest BCUT2D eigenvalue weighted by Crippen LogP contribution is -2.28. The average molecular weight is 299 g/mol. The van der Waals surface area contributed by atoms with Crippen molar-refractivity contribution >= 4 is 6.09 Å². The summed E-state index contributed by atoms with van der Waals surface area (Å²) in [5.74, 6) is 0. The lowest BCUT2D eigenvalue weighted by molar-refractivity contribution is 0.101. The first-order valence-electron chi connectivity index (χ1n) is 7.59. The highest BCUT2D eigenvalue weighted by Gasteiger charge is 2.12. The van der Waals surface area contributed by atoms with E-state index in [0.29, 0.717) is 0 Å². The number of benzene rings is 1. The van der Waals surface area contributed by atoms with Crippen LogP contribution in [-0.2, 0) is 11.2 Å². The van der Waals surface area contributed by atoms with Crippen LogP contribution in [-0.4, -0.2) is 16.8 Å². The van der Waals surface area contributed by atoms with Crippen molar-refractivity contribution in [2.24, 2.45) is 0 Å². The second kappa shape index (κ2) is 8.17. The van der Waals surface area contributed by atoms with Crippen molar-refractivity contribution in [1.29, 1.82) is 0 Å². The van der Waals surface area contributed by atoms with Gasteiger partial charge in [0, 0.05) is 12.3 Å². The number of hydrogen-bond donors (Lipinski definition) is 0. The first kappa shape index (κ1) is 16.0. The molecule has 0 aliphatic heterocycles. The van der Waals surface area contributed by atoms with E-state index in [0.717, 1.165) is 30.3 Å². The molecule has 1 atom stereocenters. The molecule has 2 aromatic rings. The maximum Gasteiger partial charge on any atom is 0.421 e. The third-order valence-corrected chi connectivity index (χ3v) is 3.49. The van der Waals surface area contributed by atoms with Gasteiger partial charge in [0.2, 0.25) is 0 Å². The maximum absolute atomic E-state index is 11.9. The van der Waals surface area contributed by atoms with Crippen molar-refractivity contribution in [2.45, 2.75) is 38.7 Å². The van der Waals surface area contributed by atoms with Crippen molar-refractivity contribution in [3.05, 3.63) is 70.6 Å². The van der Waals surface area contributed by atoms with Crippen molar-refractivity contribution in [3.63, 3.8) is 0 Å². The summed E-state index contributed by atoms with van der Waals surface area (Å²) in [6, 6.07) is 14.9. The molecule has 2 rings (SSSR count). The number of aryl methyl sites for hydroxylation is 1. The van der Waals surface area contributed by atoms with Crippen molar-refractivity contribution in [1.82, 2.24) is 4.57 Å². The van der Waals surface area contributed by atoms with Crippen LogP contribution in [0.25, 0.3) is 0 Å². The van der Waals surface area contributed by atoms with Gasteiger partial charge in [-0.05, 0) is 44.2 Å². The van der Waals surface area contributed by atoms with Gasteiger partial charge in [-0.15, -0.1) is 0 Å². The lowest BCUT2D eigenvalue weighted by Gasteiger charge is -2.13. The summed E-state index contributed by atoms with van der Waals surface area (Å²) in [5.41, 5.74) is 0.951. The molecule has 0 amide bonds. The zero-order valence-corrected chi connectivity index (χ0v) is 12.8. The van der Waals surface area contributed by atoms with E-state index in [9.17, 15) is 9.59 Å². The standard InChI is InChI=1S/C18H21NO3/c1-15(9-5-6-12-16-10-3-2-4-11-16)22-18(21)19-14-8-7-13-17(19)20/h2-4,7-8,10-11,13-15H,5-6,9,12H2,1H3/t15-/m1/s1. The smallest absolute Gasteiger partial charge is 0.421 e. The molecular weight excluding hydrogens is 278 g/mol. The van der Waals surface area contributed by atoms with Crippen LogP contribution in [0.15, 0.2) is 59.5 Å². The van der Waals surface area contributed by atoms with E-state index in [1.54, 1.807) is 12.1 Å². The first-order valence-corrected chi connectivity index (χ1v) is 7.59. The number of pyridine rings is 1. The van der Waals surface area contributed by atoms with Gasteiger partial charge in [0.05, 0.1) is 0 Å². The van der Waals surface area contributed by atoms with E-state index < -0.39 is 6.09 Å². The van der Waals surface area contributed by atoms with Gasteiger partial charge in [-0.1, -0.05) is 36.4 Å². The third kappa shape index (κ3) is 4.88. The van der Waals surface area contributed by atoms with E-state index in [-0.39, 0.29) is 11.7 Å². The Hall–Kier alpha value is -2.36. The van der Waals surface area contributed by atoms with Gasteiger partial charge in [0.25, 0.3) is 5.56 Å². The second-order valence-electron chi connectivity index (χ2n) is 5.33. The fourth-order valence-corrected chi connectivity index (χ4v) is 2.27. The van der Waals surface area contributed by atoms with E-state index >= 15 is 0 Å². The predicted octanol–water partition coefficient (Wildman–Crippen LogP) is 3.63. The highest BCUT2D eigenvalue weighted by atomic mass is 16.6. The largest absolute Gasteiger partial charge is 0.446 e. The summed E-state index contributed by atoms with van der Waals surface area (Å²) < 4.78 is 6.28. The summed E-state index contributed by atoms with van der Waals surface area (Å²) in [7, 11) is 0. The molecule has 0 spiro atoms. The Bertz CT molecular complexity index is 649. The molecule has 4 nitrogen and oxygen atoms in total. The molecule has 1 aromatic heterocycles. The number of carbonyl (C=O) groups is 1. The average Bonchev–Trinajstić information content (AvgIpc) is 2.53. The number of nitrogens with zero attached hydrogens (tertiary/aromatic N) is 1. The molecule has 1 aromatic carbocycles. The van der Waals surface area contributed by atoms with Crippen molar-refractivity contribution in [2.75, 3.05) is 0 Å². The number of rotatable bonds is 6. The normalized spacial score (nSPS) is 11.9. The third-order valence-electron chi connectivity index (χ3n) is 3.49. The van der Waals surface area contributed by atoms with Crippen LogP contribution in [0.2, 0.25) is 0 Å². The fourth-order valence-electron chi connectivity index (χ4n) is 2.27. The summed E-state index contributed by atoms with van der Waals surface area (Å²) in [4.78, 5) is 23.4. The van der Waals surface area contributed by atoms with Crippen LogP contribution in [0.1, 0.15) is 31.7 Å². The Morgan fingerprint density at radius 1 is 1.09 bits per heavy atom. The number of ether oxygens (including phenoxy) is 1. The molecule has 4 heteroatoms. The molecule has 116 valence electrons.